The van der Waals surface area contributed by atoms with Crippen LogP contribution in [0, 0.1) is 0 Å². The molecule has 3 aromatic carbocycles. The first-order valence-corrected chi connectivity index (χ1v) is 11.8. The van der Waals surface area contributed by atoms with E-state index >= 15 is 0 Å². The van der Waals surface area contributed by atoms with Crippen molar-refractivity contribution in [1.82, 2.24) is 4.72 Å². The lowest BCUT2D eigenvalue weighted by atomic mass is 10.0. The van der Waals surface area contributed by atoms with Crippen LogP contribution in [0.3, 0.4) is 0 Å². The summed E-state index contributed by atoms with van der Waals surface area (Å²) in [6.45, 7) is -0.204. The lowest BCUT2D eigenvalue weighted by molar-refractivity contribution is 0.291. The van der Waals surface area contributed by atoms with E-state index in [0.29, 0.717) is 0 Å². The molecular formula is C21H21NO5S2. The van der Waals surface area contributed by atoms with Crippen LogP contribution in [0.1, 0.15) is 11.5 Å². The Morgan fingerprint density at radius 1 is 0.690 bits per heavy atom. The van der Waals surface area contributed by atoms with Crippen LogP contribution in [-0.2, 0) is 24.3 Å². The number of benzene rings is 3. The molecule has 1 atom stereocenters. The van der Waals surface area contributed by atoms with Crippen molar-refractivity contribution < 1.29 is 21.0 Å². The van der Waals surface area contributed by atoms with E-state index in [1.165, 1.54) is 24.3 Å². The van der Waals surface area contributed by atoms with Crippen molar-refractivity contribution in [2.75, 3.05) is 13.2 Å². The average molecular weight is 432 g/mol. The first-order valence-electron chi connectivity index (χ1n) is 8.93. The van der Waals surface area contributed by atoms with Crippen molar-refractivity contribution >= 4 is 20.1 Å². The Hall–Kier alpha value is -2.52. The fraction of sp³-hybridized carbons (Fsp3) is 0.143. The van der Waals surface area contributed by atoms with Crippen LogP contribution in [0.15, 0.2) is 101 Å². The first kappa shape index (κ1) is 21.2. The second kappa shape index (κ2) is 9.32. The van der Waals surface area contributed by atoms with Gasteiger partial charge in [-0.1, -0.05) is 66.7 Å². The quantitative estimate of drug-likeness (QED) is 0.526. The number of rotatable bonds is 9. The van der Waals surface area contributed by atoms with Gasteiger partial charge < -0.3 is 0 Å². The molecule has 0 spiro atoms. The molecule has 0 aliphatic rings. The fourth-order valence-corrected chi connectivity index (χ4v) is 4.79. The Labute approximate surface area is 171 Å². The molecule has 0 radical (unpaired) electrons. The van der Waals surface area contributed by atoms with E-state index in [-0.39, 0.29) is 22.9 Å². The lowest BCUT2D eigenvalue weighted by Crippen LogP contribution is -2.30. The Balaban J connectivity index is 1.76. The van der Waals surface area contributed by atoms with Gasteiger partial charge in [0, 0.05) is 12.5 Å². The Kier molecular flexibility index (Phi) is 6.81. The van der Waals surface area contributed by atoms with E-state index < -0.39 is 26.1 Å². The molecule has 0 aliphatic carbocycles. The minimum atomic E-state index is -3.95. The lowest BCUT2D eigenvalue weighted by Gasteiger charge is -2.18. The first-order chi connectivity index (χ1) is 13.9. The van der Waals surface area contributed by atoms with Gasteiger partial charge in [0.1, 0.15) is 0 Å². The summed E-state index contributed by atoms with van der Waals surface area (Å²) in [6, 6.07) is 24.9. The highest BCUT2D eigenvalue weighted by Gasteiger charge is 2.22. The van der Waals surface area contributed by atoms with Gasteiger partial charge in [-0.15, -0.1) is 0 Å². The van der Waals surface area contributed by atoms with E-state index in [9.17, 15) is 16.8 Å². The maximum atomic E-state index is 12.5. The van der Waals surface area contributed by atoms with Crippen molar-refractivity contribution in [3.8, 4) is 0 Å². The van der Waals surface area contributed by atoms with Gasteiger partial charge in [0.15, 0.2) is 0 Å². The molecule has 1 unspecified atom stereocenters. The van der Waals surface area contributed by atoms with Crippen LogP contribution in [0.2, 0.25) is 0 Å². The largest absolute Gasteiger partial charge is 0.296 e. The summed E-state index contributed by atoms with van der Waals surface area (Å²) in [4.78, 5) is 0.196. The zero-order valence-corrected chi connectivity index (χ0v) is 17.1. The van der Waals surface area contributed by atoms with Gasteiger partial charge >= 0.3 is 0 Å². The molecule has 0 aliphatic heterocycles. The van der Waals surface area contributed by atoms with Gasteiger partial charge in [-0.25, -0.2) is 13.1 Å². The second-order valence-corrected chi connectivity index (χ2v) is 9.71. The average Bonchev–Trinajstić information content (AvgIpc) is 2.75. The molecule has 0 amide bonds. The highest BCUT2D eigenvalue weighted by Crippen LogP contribution is 2.20. The summed E-state index contributed by atoms with van der Waals surface area (Å²) in [5.41, 5.74) is 0.770. The van der Waals surface area contributed by atoms with Gasteiger partial charge in [-0.3, -0.25) is 4.18 Å². The molecule has 0 heterocycles. The molecule has 3 rings (SSSR count). The zero-order chi connectivity index (χ0) is 20.7. The molecular weight excluding hydrogens is 410 g/mol. The summed E-state index contributed by atoms with van der Waals surface area (Å²) < 4.78 is 57.7. The Morgan fingerprint density at radius 3 is 1.72 bits per heavy atom. The van der Waals surface area contributed by atoms with E-state index in [1.807, 2.05) is 6.07 Å². The SMILES string of the molecule is O=S(=O)(NCC(COS(=O)(=O)c1ccccc1)c1ccccc1)c1ccccc1. The van der Waals surface area contributed by atoms with Crippen molar-refractivity contribution in [2.45, 2.75) is 15.7 Å². The van der Waals surface area contributed by atoms with Gasteiger partial charge in [0.2, 0.25) is 10.0 Å². The number of nitrogens with one attached hydrogen (secondary N) is 1. The summed E-state index contributed by atoms with van der Waals surface area (Å²) in [5.74, 6) is -0.492. The van der Waals surface area contributed by atoms with Crippen molar-refractivity contribution in [3.63, 3.8) is 0 Å². The molecule has 0 saturated carbocycles. The Morgan fingerprint density at radius 2 is 1.17 bits per heavy atom. The molecule has 0 saturated heterocycles. The Bertz CT molecular complexity index is 1040. The van der Waals surface area contributed by atoms with E-state index in [2.05, 4.69) is 4.72 Å². The molecule has 8 heteroatoms. The highest BCUT2D eigenvalue weighted by atomic mass is 32.2. The van der Waals surface area contributed by atoms with E-state index in [0.717, 1.165) is 5.56 Å². The molecule has 29 heavy (non-hydrogen) atoms. The second-order valence-electron chi connectivity index (χ2n) is 6.32. The summed E-state index contributed by atoms with van der Waals surface area (Å²) >= 11 is 0. The maximum absolute atomic E-state index is 12.5. The van der Waals surface area contributed by atoms with Crippen molar-refractivity contribution in [3.05, 3.63) is 96.6 Å². The van der Waals surface area contributed by atoms with Gasteiger partial charge in [0.05, 0.1) is 16.4 Å². The molecule has 0 fully saturated rings. The van der Waals surface area contributed by atoms with Crippen LogP contribution in [0.4, 0.5) is 0 Å². The van der Waals surface area contributed by atoms with Crippen molar-refractivity contribution in [1.29, 1.82) is 0 Å². The monoisotopic (exact) mass is 431 g/mol. The van der Waals surface area contributed by atoms with Crippen LogP contribution < -0.4 is 4.72 Å². The molecule has 3 aromatic rings. The van der Waals surface area contributed by atoms with Gasteiger partial charge in [-0.05, 0) is 29.8 Å². The smallest absolute Gasteiger partial charge is 0.266 e. The van der Waals surface area contributed by atoms with Crippen molar-refractivity contribution in [2.24, 2.45) is 0 Å². The number of hydrogen-bond acceptors (Lipinski definition) is 5. The summed E-state index contributed by atoms with van der Waals surface area (Å²) in [6.07, 6.45) is 0. The molecule has 0 aromatic heterocycles. The van der Waals surface area contributed by atoms with E-state index in [4.69, 9.17) is 4.18 Å². The number of sulfonamides is 1. The molecule has 1 N–H and O–H groups in total. The molecule has 6 nitrogen and oxygen atoms in total. The minimum Gasteiger partial charge on any atom is -0.266 e. The molecule has 0 bridgehead atoms. The third-order valence-corrected chi connectivity index (χ3v) is 7.04. The normalized spacial score (nSPS) is 13.1. The summed E-state index contributed by atoms with van der Waals surface area (Å²) in [7, 11) is -7.67. The predicted molar refractivity (Wildman–Crippen MR) is 110 cm³/mol. The highest BCUT2D eigenvalue weighted by molar-refractivity contribution is 7.89. The number of hydrogen-bond donors (Lipinski definition) is 1. The summed E-state index contributed by atoms with van der Waals surface area (Å²) in [5, 5.41) is 0. The van der Waals surface area contributed by atoms with Crippen LogP contribution in [0.5, 0.6) is 0 Å². The third kappa shape index (κ3) is 5.74. The van der Waals surface area contributed by atoms with Crippen LogP contribution >= 0.6 is 0 Å². The third-order valence-electron chi connectivity index (χ3n) is 4.30. The standard InChI is InChI=1S/C21H21NO5S2/c23-28(24,20-12-6-2-7-13-20)22-16-19(18-10-4-1-5-11-18)17-27-29(25,26)21-14-8-3-9-15-21/h1-15,19,22H,16-17H2. The topological polar surface area (TPSA) is 89.5 Å². The predicted octanol–water partition coefficient (Wildman–Crippen LogP) is 3.15. The van der Waals surface area contributed by atoms with Gasteiger partial charge in [0.25, 0.3) is 10.1 Å². The maximum Gasteiger partial charge on any atom is 0.296 e. The minimum absolute atomic E-state index is 0.00838. The van der Waals surface area contributed by atoms with Gasteiger partial charge in [-0.2, -0.15) is 8.42 Å². The zero-order valence-electron chi connectivity index (χ0n) is 15.5. The van der Waals surface area contributed by atoms with Crippen LogP contribution in [-0.4, -0.2) is 30.0 Å². The molecule has 152 valence electrons. The fourth-order valence-electron chi connectivity index (χ4n) is 2.72. The van der Waals surface area contributed by atoms with E-state index in [1.54, 1.807) is 60.7 Å². The van der Waals surface area contributed by atoms with Crippen LogP contribution in [0.25, 0.3) is 0 Å².